The average molecular weight is 514 g/mol. The molecular formula is C32H35NO5. The zero-order valence-corrected chi connectivity index (χ0v) is 22.6. The van der Waals surface area contributed by atoms with E-state index in [2.05, 4.69) is 23.9 Å². The normalized spacial score (nSPS) is 14.2. The van der Waals surface area contributed by atoms with Crippen LogP contribution in [0.25, 0.3) is 11.0 Å². The minimum Gasteiger partial charge on any atom is -0.490 e. The second-order valence-corrected chi connectivity index (χ2v) is 10.2. The molecule has 1 aliphatic heterocycles. The maximum atomic E-state index is 13.2. The lowest BCUT2D eigenvalue weighted by Crippen LogP contribution is -2.35. The summed E-state index contributed by atoms with van der Waals surface area (Å²) in [5, 5.41) is 0.767. The predicted octanol–water partition coefficient (Wildman–Crippen LogP) is 5.52. The Balaban J connectivity index is 1.55. The molecule has 0 spiro atoms. The van der Waals surface area contributed by atoms with Gasteiger partial charge in [0.25, 0.3) is 0 Å². The molecule has 0 atom stereocenters. The van der Waals surface area contributed by atoms with E-state index < -0.39 is 5.63 Å². The number of piperidine rings is 1. The van der Waals surface area contributed by atoms with Crippen LogP contribution >= 0.6 is 0 Å². The number of hydrogen-bond donors (Lipinski definition) is 0. The van der Waals surface area contributed by atoms with Gasteiger partial charge in [0.15, 0.2) is 5.78 Å². The Morgan fingerprint density at radius 1 is 1.13 bits per heavy atom. The van der Waals surface area contributed by atoms with Crippen molar-refractivity contribution in [1.29, 1.82) is 0 Å². The monoisotopic (exact) mass is 513 g/mol. The Morgan fingerprint density at radius 2 is 1.87 bits per heavy atom. The van der Waals surface area contributed by atoms with E-state index in [9.17, 15) is 9.59 Å². The third-order valence-corrected chi connectivity index (χ3v) is 6.91. The van der Waals surface area contributed by atoms with Crippen LogP contribution in [0.5, 0.6) is 11.5 Å². The molecular weight excluding hydrogens is 478 g/mol. The van der Waals surface area contributed by atoms with Gasteiger partial charge in [-0.2, -0.15) is 0 Å². The highest BCUT2D eigenvalue weighted by molar-refractivity contribution is 5.98. The lowest BCUT2D eigenvalue weighted by molar-refractivity contribution is 0.0991. The van der Waals surface area contributed by atoms with Gasteiger partial charge in [0, 0.05) is 41.6 Å². The summed E-state index contributed by atoms with van der Waals surface area (Å²) in [5.74, 6) is 3.68. The van der Waals surface area contributed by atoms with Crippen molar-refractivity contribution in [3.63, 3.8) is 0 Å². The number of carbonyl (C=O) groups is 1. The molecule has 0 radical (unpaired) electrons. The number of hydrogen-bond acceptors (Lipinski definition) is 6. The predicted molar refractivity (Wildman–Crippen MR) is 150 cm³/mol. The first kappa shape index (κ1) is 27.2. The standard InChI is InChI=1S/C32H35NO5/c1-6-17-36-30-12-9-23(18-24(30)8-7-21(2)3)28(34)20-26-19-25-10-11-29(22(4)31(25)38-32(26)35)37-27-13-15-33(5)16-14-27/h1,7,9-12,18-19,27H,8,13-17,20H2,2-5H3. The van der Waals surface area contributed by atoms with Crippen molar-refractivity contribution < 1.29 is 18.7 Å². The maximum absolute atomic E-state index is 13.2. The second-order valence-electron chi connectivity index (χ2n) is 10.2. The van der Waals surface area contributed by atoms with Gasteiger partial charge in [-0.05, 0) is 89.0 Å². The van der Waals surface area contributed by atoms with Gasteiger partial charge in [-0.15, -0.1) is 6.42 Å². The van der Waals surface area contributed by atoms with Gasteiger partial charge in [-0.1, -0.05) is 17.6 Å². The molecule has 1 fully saturated rings. The highest BCUT2D eigenvalue weighted by Gasteiger charge is 2.20. The Bertz CT molecular complexity index is 1450. The van der Waals surface area contributed by atoms with Crippen molar-refractivity contribution in [2.45, 2.75) is 52.6 Å². The quantitative estimate of drug-likeness (QED) is 0.162. The smallest absolute Gasteiger partial charge is 0.339 e. The van der Waals surface area contributed by atoms with E-state index in [0.29, 0.717) is 28.9 Å². The molecule has 198 valence electrons. The number of ketones is 1. The van der Waals surface area contributed by atoms with Crippen LogP contribution in [0.1, 0.15) is 53.7 Å². The van der Waals surface area contributed by atoms with Crippen molar-refractivity contribution in [3.8, 4) is 23.8 Å². The number of rotatable bonds is 9. The highest BCUT2D eigenvalue weighted by Crippen LogP contribution is 2.29. The van der Waals surface area contributed by atoms with Crippen LogP contribution < -0.4 is 15.1 Å². The first-order valence-electron chi connectivity index (χ1n) is 13.0. The third-order valence-electron chi connectivity index (χ3n) is 6.91. The Kier molecular flexibility index (Phi) is 8.70. The molecule has 2 heterocycles. The van der Waals surface area contributed by atoms with Crippen molar-refractivity contribution in [2.75, 3.05) is 26.7 Å². The number of Topliss-reactive ketones (excluding diaryl/α,β-unsaturated/α-hetero) is 1. The molecule has 0 amide bonds. The minimum atomic E-state index is -0.510. The van der Waals surface area contributed by atoms with Crippen molar-refractivity contribution in [3.05, 3.63) is 80.7 Å². The second kappa shape index (κ2) is 12.1. The van der Waals surface area contributed by atoms with Crippen LogP contribution in [0.15, 0.2) is 57.3 Å². The number of likely N-dealkylation sites (tertiary alicyclic amines) is 1. The molecule has 1 aliphatic rings. The zero-order chi connectivity index (χ0) is 27.2. The van der Waals surface area contributed by atoms with E-state index in [4.69, 9.17) is 20.3 Å². The fourth-order valence-corrected chi connectivity index (χ4v) is 4.64. The summed E-state index contributed by atoms with van der Waals surface area (Å²) in [6.07, 6.45) is 10.0. The molecule has 2 aromatic carbocycles. The summed E-state index contributed by atoms with van der Waals surface area (Å²) in [6, 6.07) is 10.8. The van der Waals surface area contributed by atoms with Gasteiger partial charge in [0.2, 0.25) is 0 Å². The van der Waals surface area contributed by atoms with E-state index in [1.807, 2.05) is 39.0 Å². The van der Waals surface area contributed by atoms with Crippen LogP contribution in [0, 0.1) is 19.3 Å². The minimum absolute atomic E-state index is 0.0577. The molecule has 0 N–H and O–H groups in total. The lowest BCUT2D eigenvalue weighted by Gasteiger charge is -2.29. The molecule has 1 aromatic heterocycles. The first-order valence-corrected chi connectivity index (χ1v) is 13.0. The summed E-state index contributed by atoms with van der Waals surface area (Å²) in [4.78, 5) is 28.4. The summed E-state index contributed by atoms with van der Waals surface area (Å²) in [5.41, 5.74) is 3.64. The van der Waals surface area contributed by atoms with Crippen LogP contribution in [-0.4, -0.2) is 43.5 Å². The first-order chi connectivity index (χ1) is 18.2. The number of benzene rings is 2. The molecule has 0 saturated carbocycles. The van der Waals surface area contributed by atoms with Crippen molar-refractivity contribution in [2.24, 2.45) is 0 Å². The van der Waals surface area contributed by atoms with E-state index >= 15 is 0 Å². The Labute approximate surface area is 224 Å². The van der Waals surface area contributed by atoms with Crippen molar-refractivity contribution in [1.82, 2.24) is 4.90 Å². The molecule has 3 aromatic rings. The Morgan fingerprint density at radius 3 is 2.58 bits per heavy atom. The summed E-state index contributed by atoms with van der Waals surface area (Å²) < 4.78 is 17.6. The highest BCUT2D eigenvalue weighted by atomic mass is 16.5. The van der Waals surface area contributed by atoms with Gasteiger partial charge in [0.05, 0.1) is 0 Å². The Hall–Kier alpha value is -3.82. The number of allylic oxidation sites excluding steroid dienone is 2. The SMILES string of the molecule is C#CCOc1ccc(C(=O)Cc2cc3ccc(OC4CCN(C)CC4)c(C)c3oc2=O)cc1CC=C(C)C. The number of carbonyl (C=O) groups excluding carboxylic acids is 1. The van der Waals surface area contributed by atoms with E-state index in [1.165, 1.54) is 0 Å². The van der Waals surface area contributed by atoms with E-state index in [-0.39, 0.29) is 24.9 Å². The molecule has 6 heteroatoms. The topological polar surface area (TPSA) is 69.0 Å². The summed E-state index contributed by atoms with van der Waals surface area (Å²) >= 11 is 0. The molecule has 0 aliphatic carbocycles. The van der Waals surface area contributed by atoms with Gasteiger partial charge < -0.3 is 18.8 Å². The van der Waals surface area contributed by atoms with E-state index in [0.717, 1.165) is 53.8 Å². The molecule has 4 rings (SSSR count). The fraction of sp³-hybridized carbons (Fsp3) is 0.375. The number of aryl methyl sites for hydroxylation is 1. The molecule has 0 bridgehead atoms. The van der Waals surface area contributed by atoms with Crippen molar-refractivity contribution >= 4 is 16.8 Å². The van der Waals surface area contributed by atoms with Crippen LogP contribution in [-0.2, 0) is 12.8 Å². The fourth-order valence-electron chi connectivity index (χ4n) is 4.64. The van der Waals surface area contributed by atoms with E-state index in [1.54, 1.807) is 18.2 Å². The number of nitrogens with zero attached hydrogens (tertiary/aromatic N) is 1. The summed E-state index contributed by atoms with van der Waals surface area (Å²) in [7, 11) is 2.11. The maximum Gasteiger partial charge on any atom is 0.339 e. The molecule has 6 nitrogen and oxygen atoms in total. The average Bonchev–Trinajstić information content (AvgIpc) is 2.90. The number of ether oxygens (including phenoxy) is 2. The number of fused-ring (bicyclic) bond motifs is 1. The van der Waals surface area contributed by atoms with Crippen LogP contribution in [0.4, 0.5) is 0 Å². The van der Waals surface area contributed by atoms with Gasteiger partial charge in [0.1, 0.15) is 29.8 Å². The molecule has 1 saturated heterocycles. The van der Waals surface area contributed by atoms with Gasteiger partial charge in [-0.3, -0.25) is 4.79 Å². The van der Waals surface area contributed by atoms with Crippen LogP contribution in [0.2, 0.25) is 0 Å². The molecule has 38 heavy (non-hydrogen) atoms. The van der Waals surface area contributed by atoms with Gasteiger partial charge in [-0.25, -0.2) is 4.79 Å². The van der Waals surface area contributed by atoms with Crippen LogP contribution in [0.3, 0.4) is 0 Å². The largest absolute Gasteiger partial charge is 0.490 e. The molecule has 0 unspecified atom stereocenters. The van der Waals surface area contributed by atoms with Gasteiger partial charge >= 0.3 is 5.63 Å². The lowest BCUT2D eigenvalue weighted by atomic mass is 9.99. The number of terminal acetylenes is 1. The summed E-state index contributed by atoms with van der Waals surface area (Å²) in [6.45, 7) is 8.08. The zero-order valence-electron chi connectivity index (χ0n) is 22.6. The third kappa shape index (κ3) is 6.54.